The lowest BCUT2D eigenvalue weighted by Gasteiger charge is -2.21. The number of benzene rings is 2. The van der Waals surface area contributed by atoms with Gasteiger partial charge in [0.2, 0.25) is 0 Å². The number of nitrogens with zero attached hydrogens (tertiary/aromatic N) is 3. The maximum atomic E-state index is 13.5. The summed E-state index contributed by atoms with van der Waals surface area (Å²) >= 11 is 0. The molecule has 31 heavy (non-hydrogen) atoms. The van der Waals surface area contributed by atoms with Crippen LogP contribution in [0.25, 0.3) is 0 Å². The van der Waals surface area contributed by atoms with Crippen molar-refractivity contribution in [1.29, 1.82) is 0 Å². The fourth-order valence-electron chi connectivity index (χ4n) is 3.12. The number of carbonyl (C=O) groups is 1. The molecule has 0 fully saturated rings. The van der Waals surface area contributed by atoms with Gasteiger partial charge in [0.1, 0.15) is 17.2 Å². The third-order valence-electron chi connectivity index (χ3n) is 4.86. The molecule has 0 atom stereocenters. The molecule has 0 aliphatic rings. The number of rotatable bonds is 9. The van der Waals surface area contributed by atoms with Gasteiger partial charge in [0.25, 0.3) is 10.0 Å². The van der Waals surface area contributed by atoms with E-state index in [-0.39, 0.29) is 29.6 Å². The number of carbonyl (C=O) groups excluding carboxylic acids is 1. The molecule has 8 nitrogen and oxygen atoms in total. The van der Waals surface area contributed by atoms with Gasteiger partial charge in [-0.05, 0) is 35.4 Å². The van der Waals surface area contributed by atoms with Crippen LogP contribution in [0.3, 0.4) is 0 Å². The van der Waals surface area contributed by atoms with Gasteiger partial charge in [0, 0.05) is 33.1 Å². The van der Waals surface area contributed by atoms with Crippen molar-refractivity contribution in [2.45, 2.75) is 25.0 Å². The number of aromatic nitrogens is 2. The van der Waals surface area contributed by atoms with Crippen LogP contribution in [0.15, 0.2) is 59.6 Å². The first-order valence-electron chi connectivity index (χ1n) is 9.55. The summed E-state index contributed by atoms with van der Waals surface area (Å²) in [5.41, 5.74) is 1.81. The van der Waals surface area contributed by atoms with E-state index in [1.54, 1.807) is 45.5 Å². The molecule has 3 rings (SSSR count). The van der Waals surface area contributed by atoms with Crippen LogP contribution in [-0.4, -0.2) is 42.5 Å². The maximum Gasteiger partial charge on any atom is 0.263 e. The average Bonchev–Trinajstić information content (AvgIpc) is 3.17. The second-order valence-electron chi connectivity index (χ2n) is 7.02. The molecule has 3 aromatic rings. The minimum absolute atomic E-state index is 0.129. The van der Waals surface area contributed by atoms with Crippen molar-refractivity contribution in [2.75, 3.05) is 14.2 Å². The Labute approximate surface area is 182 Å². The van der Waals surface area contributed by atoms with Gasteiger partial charge in [-0.2, -0.15) is 9.40 Å². The van der Waals surface area contributed by atoms with Gasteiger partial charge >= 0.3 is 0 Å². The molecule has 2 aromatic carbocycles. The topological polar surface area (TPSA) is 90.7 Å². The first-order valence-corrected chi connectivity index (χ1v) is 11.0. The van der Waals surface area contributed by atoms with Crippen LogP contribution in [0.2, 0.25) is 0 Å². The summed E-state index contributed by atoms with van der Waals surface area (Å²) in [6, 6.07) is 15.7. The fraction of sp³-hybridized carbons (Fsp3) is 0.273. The molecule has 0 saturated carbocycles. The SMILES string of the molecule is COc1ccc(CN(Cc2ccc(OC)cc2)S(=O)(=O)c2cc(C(C)=O)n(C)n2)cc1. The fourth-order valence-corrected chi connectivity index (χ4v) is 4.51. The highest BCUT2D eigenvalue weighted by Gasteiger charge is 2.29. The molecule has 0 N–H and O–H groups in total. The highest BCUT2D eigenvalue weighted by molar-refractivity contribution is 7.89. The highest BCUT2D eigenvalue weighted by Crippen LogP contribution is 2.23. The lowest BCUT2D eigenvalue weighted by molar-refractivity contribution is 0.100. The van der Waals surface area contributed by atoms with Gasteiger partial charge in [-0.3, -0.25) is 9.48 Å². The molecule has 0 amide bonds. The average molecular weight is 444 g/mol. The molecular formula is C22H25N3O5S. The monoisotopic (exact) mass is 443 g/mol. The lowest BCUT2D eigenvalue weighted by atomic mass is 10.2. The quantitative estimate of drug-likeness (QED) is 0.472. The normalized spacial score (nSPS) is 11.5. The molecular weight excluding hydrogens is 418 g/mol. The smallest absolute Gasteiger partial charge is 0.263 e. The molecule has 0 radical (unpaired) electrons. The van der Waals surface area contributed by atoms with Gasteiger partial charge in [0.05, 0.1) is 14.2 Å². The van der Waals surface area contributed by atoms with Crippen molar-refractivity contribution in [3.8, 4) is 11.5 Å². The van der Waals surface area contributed by atoms with Crippen molar-refractivity contribution in [3.05, 3.63) is 71.4 Å². The van der Waals surface area contributed by atoms with Crippen LogP contribution in [-0.2, 0) is 30.2 Å². The van der Waals surface area contributed by atoms with E-state index < -0.39 is 10.0 Å². The first-order chi connectivity index (χ1) is 14.7. The molecule has 0 spiro atoms. The number of Topliss-reactive ketones (excluding diaryl/α,β-unsaturated/α-hetero) is 1. The van der Waals surface area contributed by atoms with Gasteiger partial charge in [0.15, 0.2) is 10.8 Å². The Morgan fingerprint density at radius 1 is 0.935 bits per heavy atom. The summed E-state index contributed by atoms with van der Waals surface area (Å²) in [7, 11) is 0.716. The number of ether oxygens (including phenoxy) is 2. The van der Waals surface area contributed by atoms with Gasteiger partial charge in [-0.25, -0.2) is 8.42 Å². The maximum absolute atomic E-state index is 13.5. The second kappa shape index (κ2) is 9.32. The molecule has 0 unspecified atom stereocenters. The van der Waals surface area contributed by atoms with E-state index in [4.69, 9.17) is 9.47 Å². The van der Waals surface area contributed by atoms with Gasteiger partial charge in [-0.1, -0.05) is 24.3 Å². The molecule has 1 aromatic heterocycles. The van der Waals surface area contributed by atoms with Crippen molar-refractivity contribution < 1.29 is 22.7 Å². The van der Waals surface area contributed by atoms with E-state index in [0.29, 0.717) is 11.5 Å². The third-order valence-corrected chi connectivity index (χ3v) is 6.52. The summed E-state index contributed by atoms with van der Waals surface area (Å²) in [6.45, 7) is 1.63. The van der Waals surface area contributed by atoms with Gasteiger partial charge in [-0.15, -0.1) is 0 Å². The van der Waals surface area contributed by atoms with E-state index >= 15 is 0 Å². The Balaban J connectivity index is 1.97. The van der Waals surface area contributed by atoms with Crippen LogP contribution in [0.5, 0.6) is 11.5 Å². The summed E-state index contributed by atoms with van der Waals surface area (Å²) in [4.78, 5) is 11.8. The number of sulfonamides is 1. The van der Waals surface area contributed by atoms with E-state index in [0.717, 1.165) is 11.1 Å². The zero-order chi connectivity index (χ0) is 22.6. The van der Waals surface area contributed by atoms with Crippen molar-refractivity contribution >= 4 is 15.8 Å². The first kappa shape index (κ1) is 22.5. The standard InChI is InChI=1S/C22H25N3O5S/c1-16(26)21-13-22(23-24(21)2)31(27,28)25(14-17-5-9-19(29-3)10-6-17)15-18-7-11-20(30-4)12-8-18/h5-13H,14-15H2,1-4H3. The largest absolute Gasteiger partial charge is 0.497 e. The van der Waals surface area contributed by atoms with Gasteiger partial charge < -0.3 is 9.47 Å². The summed E-state index contributed by atoms with van der Waals surface area (Å²) < 4.78 is 39.9. The predicted molar refractivity (Wildman–Crippen MR) is 116 cm³/mol. The Morgan fingerprint density at radius 3 is 1.74 bits per heavy atom. The van der Waals surface area contributed by atoms with E-state index in [1.807, 2.05) is 24.3 Å². The summed E-state index contributed by atoms with van der Waals surface area (Å²) in [6.07, 6.45) is 0. The van der Waals surface area contributed by atoms with E-state index in [1.165, 1.54) is 22.0 Å². The predicted octanol–water partition coefficient (Wildman–Crippen LogP) is 3.03. The molecule has 1 heterocycles. The van der Waals surface area contributed by atoms with Crippen LogP contribution >= 0.6 is 0 Å². The Morgan fingerprint density at radius 2 is 1.39 bits per heavy atom. The number of hydrogen-bond acceptors (Lipinski definition) is 6. The Hall–Kier alpha value is -3.17. The van der Waals surface area contributed by atoms with Crippen LogP contribution in [0.1, 0.15) is 28.5 Å². The number of ketones is 1. The minimum atomic E-state index is -3.98. The third kappa shape index (κ3) is 5.12. The van der Waals surface area contributed by atoms with Crippen LogP contribution in [0.4, 0.5) is 0 Å². The Kier molecular flexibility index (Phi) is 6.77. The summed E-state index contributed by atoms with van der Waals surface area (Å²) in [5, 5.41) is 3.92. The van der Waals surface area contributed by atoms with E-state index in [9.17, 15) is 13.2 Å². The van der Waals surface area contributed by atoms with Crippen molar-refractivity contribution in [1.82, 2.24) is 14.1 Å². The molecule has 0 bridgehead atoms. The highest BCUT2D eigenvalue weighted by atomic mass is 32.2. The zero-order valence-electron chi connectivity index (χ0n) is 17.9. The van der Waals surface area contributed by atoms with Crippen LogP contribution in [0, 0.1) is 0 Å². The second-order valence-corrected chi connectivity index (χ2v) is 8.90. The molecule has 0 aliphatic carbocycles. The summed E-state index contributed by atoms with van der Waals surface area (Å²) in [5.74, 6) is 1.11. The molecule has 0 aliphatic heterocycles. The number of hydrogen-bond donors (Lipinski definition) is 0. The lowest BCUT2D eigenvalue weighted by Crippen LogP contribution is -2.30. The van der Waals surface area contributed by atoms with Crippen molar-refractivity contribution in [3.63, 3.8) is 0 Å². The zero-order valence-corrected chi connectivity index (χ0v) is 18.7. The molecule has 0 saturated heterocycles. The van der Waals surface area contributed by atoms with E-state index in [2.05, 4.69) is 5.10 Å². The van der Waals surface area contributed by atoms with Crippen LogP contribution < -0.4 is 9.47 Å². The molecule has 9 heteroatoms. The Bertz CT molecular complexity index is 1100. The van der Waals surface area contributed by atoms with Crippen molar-refractivity contribution in [2.24, 2.45) is 7.05 Å². The molecule has 164 valence electrons. The minimum Gasteiger partial charge on any atom is -0.497 e. The number of methoxy groups -OCH3 is 2. The number of aryl methyl sites for hydroxylation is 1.